The lowest BCUT2D eigenvalue weighted by molar-refractivity contribution is 0.0634. The number of rotatable bonds is 3. The minimum Gasteiger partial charge on any atom is -0.399 e. The monoisotopic (exact) mass is 309 g/mol. The van der Waals surface area contributed by atoms with Crippen LogP contribution in [0.1, 0.15) is 34.5 Å². The van der Waals surface area contributed by atoms with Gasteiger partial charge in [-0.25, -0.2) is 0 Å². The molecule has 2 aromatic carbocycles. The van der Waals surface area contributed by atoms with E-state index >= 15 is 0 Å². The van der Waals surface area contributed by atoms with Crippen LogP contribution in [0.3, 0.4) is 0 Å². The molecule has 0 radical (unpaired) electrons. The van der Waals surface area contributed by atoms with Gasteiger partial charge in [-0.1, -0.05) is 31.2 Å². The van der Waals surface area contributed by atoms with Gasteiger partial charge in [0.1, 0.15) is 0 Å². The standard InChI is InChI=1S/C19H23N3O/c1-2-14-3-5-15(6-4-14)18-13-21-11-12-22(18)19(23)16-7-9-17(20)10-8-16/h3-10,18,21H,2,11-13,20H2,1H3. The topological polar surface area (TPSA) is 58.4 Å². The van der Waals surface area contributed by atoms with Gasteiger partial charge >= 0.3 is 0 Å². The normalized spacial score (nSPS) is 18.0. The Morgan fingerprint density at radius 2 is 1.87 bits per heavy atom. The molecule has 1 fully saturated rings. The first-order valence-corrected chi connectivity index (χ1v) is 8.15. The highest BCUT2D eigenvalue weighted by atomic mass is 16.2. The predicted octanol–water partition coefficient (Wildman–Crippen LogP) is 2.62. The van der Waals surface area contributed by atoms with Crippen LogP contribution in [0.15, 0.2) is 48.5 Å². The molecule has 1 unspecified atom stereocenters. The lowest BCUT2D eigenvalue weighted by Gasteiger charge is -2.36. The number of nitrogens with two attached hydrogens (primary N) is 1. The van der Waals surface area contributed by atoms with Crippen molar-refractivity contribution < 1.29 is 4.79 Å². The second-order valence-corrected chi connectivity index (χ2v) is 5.94. The highest BCUT2D eigenvalue weighted by molar-refractivity contribution is 5.95. The van der Waals surface area contributed by atoms with Crippen LogP contribution in [-0.4, -0.2) is 30.4 Å². The summed E-state index contributed by atoms with van der Waals surface area (Å²) in [5, 5.41) is 3.39. The van der Waals surface area contributed by atoms with Crippen LogP contribution >= 0.6 is 0 Å². The number of hydrogen-bond donors (Lipinski definition) is 2. The molecule has 0 saturated carbocycles. The van der Waals surface area contributed by atoms with Gasteiger partial charge in [-0.15, -0.1) is 0 Å². The second kappa shape index (κ2) is 6.84. The van der Waals surface area contributed by atoms with Crippen molar-refractivity contribution in [2.45, 2.75) is 19.4 Å². The molecule has 2 aromatic rings. The van der Waals surface area contributed by atoms with Gasteiger partial charge in [0.15, 0.2) is 0 Å². The minimum absolute atomic E-state index is 0.0658. The summed E-state index contributed by atoms with van der Waals surface area (Å²) in [4.78, 5) is 14.8. The molecule has 0 aliphatic carbocycles. The van der Waals surface area contributed by atoms with Crippen molar-refractivity contribution in [3.63, 3.8) is 0 Å². The Bertz CT molecular complexity index is 664. The molecule has 1 saturated heterocycles. The number of nitrogens with one attached hydrogen (secondary N) is 1. The number of piperazine rings is 1. The van der Waals surface area contributed by atoms with E-state index in [1.54, 1.807) is 24.3 Å². The SMILES string of the molecule is CCc1ccc(C2CNCCN2C(=O)c2ccc(N)cc2)cc1. The largest absolute Gasteiger partial charge is 0.399 e. The first kappa shape index (κ1) is 15.6. The van der Waals surface area contributed by atoms with Crippen molar-refractivity contribution in [3.05, 3.63) is 65.2 Å². The Labute approximate surface area is 137 Å². The van der Waals surface area contributed by atoms with Gasteiger partial charge in [0.2, 0.25) is 0 Å². The molecule has 1 atom stereocenters. The van der Waals surface area contributed by atoms with Gasteiger partial charge in [0.05, 0.1) is 6.04 Å². The molecule has 120 valence electrons. The summed E-state index contributed by atoms with van der Waals surface area (Å²) >= 11 is 0. The van der Waals surface area contributed by atoms with Crippen molar-refractivity contribution in [2.75, 3.05) is 25.4 Å². The van der Waals surface area contributed by atoms with E-state index in [1.165, 1.54) is 11.1 Å². The average Bonchev–Trinajstić information content (AvgIpc) is 2.62. The maximum atomic E-state index is 12.9. The number of benzene rings is 2. The van der Waals surface area contributed by atoms with Gasteiger partial charge in [-0.2, -0.15) is 0 Å². The van der Waals surface area contributed by atoms with Gasteiger partial charge in [0.25, 0.3) is 5.91 Å². The number of anilines is 1. The van der Waals surface area contributed by atoms with Crippen molar-refractivity contribution >= 4 is 11.6 Å². The third-order valence-electron chi connectivity index (χ3n) is 4.43. The van der Waals surface area contributed by atoms with E-state index in [0.29, 0.717) is 17.8 Å². The smallest absolute Gasteiger partial charge is 0.254 e. The summed E-state index contributed by atoms with van der Waals surface area (Å²) < 4.78 is 0. The molecule has 0 bridgehead atoms. The Morgan fingerprint density at radius 3 is 2.52 bits per heavy atom. The van der Waals surface area contributed by atoms with Crippen LogP contribution in [-0.2, 0) is 6.42 Å². The van der Waals surface area contributed by atoms with E-state index in [-0.39, 0.29) is 11.9 Å². The molecule has 0 spiro atoms. The highest BCUT2D eigenvalue weighted by Gasteiger charge is 2.28. The molecule has 3 N–H and O–H groups in total. The van der Waals surface area contributed by atoms with Gasteiger partial charge in [0, 0.05) is 30.9 Å². The molecule has 23 heavy (non-hydrogen) atoms. The summed E-state index contributed by atoms with van der Waals surface area (Å²) in [5.74, 6) is 0.0658. The Balaban J connectivity index is 1.85. The number of carbonyl (C=O) groups excluding carboxylic acids is 1. The summed E-state index contributed by atoms with van der Waals surface area (Å²) in [6.07, 6.45) is 1.03. The molecule has 0 aromatic heterocycles. The van der Waals surface area contributed by atoms with Crippen LogP contribution in [0.4, 0.5) is 5.69 Å². The predicted molar refractivity (Wildman–Crippen MR) is 93.3 cm³/mol. The van der Waals surface area contributed by atoms with E-state index in [0.717, 1.165) is 19.5 Å². The number of nitrogens with zero attached hydrogens (tertiary/aromatic N) is 1. The van der Waals surface area contributed by atoms with Gasteiger partial charge in [-0.05, 0) is 41.8 Å². The summed E-state index contributed by atoms with van der Waals surface area (Å²) in [6.45, 7) is 4.47. The fraction of sp³-hybridized carbons (Fsp3) is 0.316. The Kier molecular flexibility index (Phi) is 4.63. The van der Waals surface area contributed by atoms with E-state index in [1.807, 2.05) is 4.90 Å². The van der Waals surface area contributed by atoms with Gasteiger partial charge < -0.3 is 16.0 Å². The van der Waals surface area contributed by atoms with E-state index in [2.05, 4.69) is 36.5 Å². The molecule has 1 amide bonds. The van der Waals surface area contributed by atoms with Crippen molar-refractivity contribution in [1.29, 1.82) is 0 Å². The Hall–Kier alpha value is -2.33. The maximum absolute atomic E-state index is 12.9. The maximum Gasteiger partial charge on any atom is 0.254 e. The van der Waals surface area contributed by atoms with Crippen molar-refractivity contribution in [3.8, 4) is 0 Å². The Morgan fingerprint density at radius 1 is 1.17 bits per heavy atom. The quantitative estimate of drug-likeness (QED) is 0.857. The fourth-order valence-electron chi connectivity index (χ4n) is 3.01. The van der Waals surface area contributed by atoms with Crippen molar-refractivity contribution in [1.82, 2.24) is 10.2 Å². The molecule has 3 rings (SSSR count). The molecule has 1 heterocycles. The number of amides is 1. The van der Waals surface area contributed by atoms with Crippen LogP contribution in [0.5, 0.6) is 0 Å². The zero-order valence-corrected chi connectivity index (χ0v) is 13.5. The molecular weight excluding hydrogens is 286 g/mol. The average molecular weight is 309 g/mol. The molecule has 1 aliphatic heterocycles. The van der Waals surface area contributed by atoms with E-state index in [4.69, 9.17) is 5.73 Å². The molecule has 4 heteroatoms. The second-order valence-electron chi connectivity index (χ2n) is 5.94. The third-order valence-corrected chi connectivity index (χ3v) is 4.43. The molecule has 1 aliphatic rings. The van der Waals surface area contributed by atoms with Crippen LogP contribution in [0, 0.1) is 0 Å². The summed E-state index contributed by atoms with van der Waals surface area (Å²) in [7, 11) is 0. The molecule has 4 nitrogen and oxygen atoms in total. The van der Waals surface area contributed by atoms with Crippen LogP contribution in [0.25, 0.3) is 0 Å². The van der Waals surface area contributed by atoms with Gasteiger partial charge in [-0.3, -0.25) is 4.79 Å². The number of carbonyl (C=O) groups is 1. The summed E-state index contributed by atoms with van der Waals surface area (Å²) in [5.41, 5.74) is 9.57. The lowest BCUT2D eigenvalue weighted by Crippen LogP contribution is -2.48. The van der Waals surface area contributed by atoms with Crippen molar-refractivity contribution in [2.24, 2.45) is 0 Å². The first-order chi connectivity index (χ1) is 11.2. The molecular formula is C19H23N3O. The highest BCUT2D eigenvalue weighted by Crippen LogP contribution is 2.25. The number of nitrogen functional groups attached to an aromatic ring is 1. The van der Waals surface area contributed by atoms with Crippen LogP contribution < -0.4 is 11.1 Å². The zero-order chi connectivity index (χ0) is 16.2. The lowest BCUT2D eigenvalue weighted by atomic mass is 10.00. The third kappa shape index (κ3) is 3.37. The van der Waals surface area contributed by atoms with E-state index < -0.39 is 0 Å². The number of aryl methyl sites for hydroxylation is 1. The van der Waals surface area contributed by atoms with E-state index in [9.17, 15) is 4.79 Å². The summed E-state index contributed by atoms with van der Waals surface area (Å²) in [6, 6.07) is 15.8. The number of hydrogen-bond acceptors (Lipinski definition) is 3. The minimum atomic E-state index is 0.0658. The zero-order valence-electron chi connectivity index (χ0n) is 13.5. The fourth-order valence-corrected chi connectivity index (χ4v) is 3.01. The first-order valence-electron chi connectivity index (χ1n) is 8.15. The van der Waals surface area contributed by atoms with Crippen LogP contribution in [0.2, 0.25) is 0 Å².